The van der Waals surface area contributed by atoms with Gasteiger partial charge in [-0.1, -0.05) is 19.9 Å². The zero-order chi connectivity index (χ0) is 15.7. The molecular weight excluding hydrogens is 266 g/mol. The summed E-state index contributed by atoms with van der Waals surface area (Å²) in [5.74, 6) is 2.06. The van der Waals surface area contributed by atoms with Crippen LogP contribution in [0.15, 0.2) is 23.2 Å². The SMILES string of the molecule is CC(C)(C)NC(N)=NCC(C)(C)c1ccc2c(c1)OCO2. The van der Waals surface area contributed by atoms with Gasteiger partial charge in [0.05, 0.1) is 6.54 Å². The molecule has 0 saturated carbocycles. The van der Waals surface area contributed by atoms with Crippen LogP contribution in [0.5, 0.6) is 11.5 Å². The average molecular weight is 291 g/mol. The molecule has 5 heteroatoms. The molecule has 0 aliphatic carbocycles. The number of guanidine groups is 1. The minimum absolute atomic E-state index is 0.0868. The van der Waals surface area contributed by atoms with E-state index in [-0.39, 0.29) is 11.0 Å². The Morgan fingerprint density at radius 1 is 1.19 bits per heavy atom. The summed E-state index contributed by atoms with van der Waals surface area (Å²) in [6.45, 7) is 11.3. The molecule has 5 nitrogen and oxygen atoms in total. The molecule has 0 amide bonds. The fraction of sp³-hybridized carbons (Fsp3) is 0.562. The van der Waals surface area contributed by atoms with E-state index >= 15 is 0 Å². The third-order valence-electron chi connectivity index (χ3n) is 3.30. The smallest absolute Gasteiger partial charge is 0.231 e. The van der Waals surface area contributed by atoms with Crippen molar-refractivity contribution in [2.45, 2.75) is 45.6 Å². The van der Waals surface area contributed by atoms with Crippen LogP contribution in [0.4, 0.5) is 0 Å². The summed E-state index contributed by atoms with van der Waals surface area (Å²) in [7, 11) is 0. The van der Waals surface area contributed by atoms with E-state index in [1.807, 2.05) is 12.1 Å². The predicted molar refractivity (Wildman–Crippen MR) is 85.0 cm³/mol. The van der Waals surface area contributed by atoms with Crippen LogP contribution in [-0.4, -0.2) is 24.8 Å². The Bertz CT molecular complexity index is 545. The summed E-state index contributed by atoms with van der Waals surface area (Å²) < 4.78 is 10.8. The Hall–Kier alpha value is -1.91. The van der Waals surface area contributed by atoms with Crippen LogP contribution in [0.2, 0.25) is 0 Å². The summed E-state index contributed by atoms with van der Waals surface area (Å²) in [6, 6.07) is 6.02. The van der Waals surface area contributed by atoms with Crippen LogP contribution >= 0.6 is 0 Å². The van der Waals surface area contributed by atoms with Gasteiger partial charge in [-0.2, -0.15) is 0 Å². The van der Waals surface area contributed by atoms with Crippen molar-refractivity contribution >= 4 is 5.96 Å². The summed E-state index contributed by atoms with van der Waals surface area (Å²) >= 11 is 0. The lowest BCUT2D eigenvalue weighted by atomic mass is 9.84. The van der Waals surface area contributed by atoms with E-state index in [4.69, 9.17) is 15.2 Å². The van der Waals surface area contributed by atoms with Gasteiger partial charge in [0.1, 0.15) is 0 Å². The zero-order valence-corrected chi connectivity index (χ0v) is 13.5. The Kier molecular flexibility index (Phi) is 4.03. The summed E-state index contributed by atoms with van der Waals surface area (Å²) in [5, 5.41) is 3.17. The second-order valence-electron chi connectivity index (χ2n) is 7.03. The first kappa shape index (κ1) is 15.5. The van der Waals surface area contributed by atoms with Crippen molar-refractivity contribution < 1.29 is 9.47 Å². The van der Waals surface area contributed by atoms with Crippen molar-refractivity contribution in [3.05, 3.63) is 23.8 Å². The number of nitrogens with zero attached hydrogens (tertiary/aromatic N) is 1. The van der Waals surface area contributed by atoms with Crippen molar-refractivity contribution in [1.82, 2.24) is 5.32 Å². The highest BCUT2D eigenvalue weighted by Crippen LogP contribution is 2.36. The van der Waals surface area contributed by atoms with Gasteiger partial charge in [0, 0.05) is 11.0 Å². The van der Waals surface area contributed by atoms with Crippen molar-refractivity contribution in [2.24, 2.45) is 10.7 Å². The molecule has 21 heavy (non-hydrogen) atoms. The lowest BCUT2D eigenvalue weighted by molar-refractivity contribution is 0.174. The molecule has 1 aliphatic rings. The van der Waals surface area contributed by atoms with E-state index < -0.39 is 0 Å². The first-order valence-corrected chi connectivity index (χ1v) is 7.16. The molecular formula is C16H25N3O2. The highest BCUT2D eigenvalue weighted by atomic mass is 16.7. The van der Waals surface area contributed by atoms with Crippen molar-refractivity contribution in [3.63, 3.8) is 0 Å². The molecule has 0 fully saturated rings. The highest BCUT2D eigenvalue weighted by molar-refractivity contribution is 5.78. The molecule has 0 saturated heterocycles. The fourth-order valence-corrected chi connectivity index (χ4v) is 2.12. The normalized spacial score (nSPS) is 15.2. The molecule has 1 aromatic carbocycles. The van der Waals surface area contributed by atoms with Crippen LogP contribution in [0.1, 0.15) is 40.2 Å². The van der Waals surface area contributed by atoms with Crippen LogP contribution in [-0.2, 0) is 5.41 Å². The van der Waals surface area contributed by atoms with Gasteiger partial charge in [-0.3, -0.25) is 4.99 Å². The van der Waals surface area contributed by atoms with Gasteiger partial charge >= 0.3 is 0 Å². The molecule has 0 spiro atoms. The summed E-state index contributed by atoms with van der Waals surface area (Å²) in [6.07, 6.45) is 0. The number of nitrogens with two attached hydrogens (primary N) is 1. The second kappa shape index (κ2) is 5.47. The van der Waals surface area contributed by atoms with Gasteiger partial charge in [0.25, 0.3) is 0 Å². The molecule has 0 radical (unpaired) electrons. The molecule has 1 aliphatic heterocycles. The molecule has 0 bridgehead atoms. The lowest BCUT2D eigenvalue weighted by Gasteiger charge is -2.25. The van der Waals surface area contributed by atoms with Crippen LogP contribution in [0, 0.1) is 0 Å². The highest BCUT2D eigenvalue weighted by Gasteiger charge is 2.24. The summed E-state index contributed by atoms with van der Waals surface area (Å²) in [4.78, 5) is 4.46. The van der Waals surface area contributed by atoms with Gasteiger partial charge in [-0.15, -0.1) is 0 Å². The number of nitrogens with one attached hydrogen (secondary N) is 1. The molecule has 3 N–H and O–H groups in total. The topological polar surface area (TPSA) is 68.9 Å². The molecule has 1 heterocycles. The number of ether oxygens (including phenoxy) is 2. The monoisotopic (exact) mass is 291 g/mol. The first-order valence-electron chi connectivity index (χ1n) is 7.16. The third kappa shape index (κ3) is 4.03. The molecule has 1 aromatic rings. The maximum Gasteiger partial charge on any atom is 0.231 e. The maximum atomic E-state index is 5.93. The first-order chi connectivity index (χ1) is 9.67. The molecule has 116 valence electrons. The molecule has 0 aromatic heterocycles. The maximum absolute atomic E-state index is 5.93. The minimum atomic E-state index is -0.134. The van der Waals surface area contributed by atoms with Gasteiger partial charge < -0.3 is 20.5 Å². The van der Waals surface area contributed by atoms with Crippen molar-refractivity contribution in [3.8, 4) is 11.5 Å². The van der Waals surface area contributed by atoms with Gasteiger partial charge in [0.2, 0.25) is 6.79 Å². The van der Waals surface area contributed by atoms with Crippen molar-refractivity contribution in [2.75, 3.05) is 13.3 Å². The summed E-state index contributed by atoms with van der Waals surface area (Å²) in [5.41, 5.74) is 6.86. The van der Waals surface area contributed by atoms with E-state index in [1.54, 1.807) is 0 Å². The Balaban J connectivity index is 2.09. The Labute approximate surface area is 126 Å². The number of hydrogen-bond donors (Lipinski definition) is 2. The average Bonchev–Trinajstić information content (AvgIpc) is 2.81. The van der Waals surface area contributed by atoms with Crippen LogP contribution < -0.4 is 20.5 Å². The number of fused-ring (bicyclic) bond motifs is 1. The fourth-order valence-electron chi connectivity index (χ4n) is 2.12. The quantitative estimate of drug-likeness (QED) is 0.663. The lowest BCUT2D eigenvalue weighted by Crippen LogP contribution is -2.45. The van der Waals surface area contributed by atoms with E-state index in [9.17, 15) is 0 Å². The van der Waals surface area contributed by atoms with Gasteiger partial charge in [-0.25, -0.2) is 0 Å². The van der Waals surface area contributed by atoms with Crippen molar-refractivity contribution in [1.29, 1.82) is 0 Å². The zero-order valence-electron chi connectivity index (χ0n) is 13.5. The molecule has 0 unspecified atom stereocenters. The molecule has 0 atom stereocenters. The molecule has 2 rings (SSSR count). The van der Waals surface area contributed by atoms with Crippen LogP contribution in [0.25, 0.3) is 0 Å². The number of hydrogen-bond acceptors (Lipinski definition) is 3. The van der Waals surface area contributed by atoms with E-state index in [0.29, 0.717) is 19.3 Å². The number of aliphatic imine (C=N–C) groups is 1. The van der Waals surface area contributed by atoms with Gasteiger partial charge in [0.15, 0.2) is 17.5 Å². The standard InChI is InChI=1S/C16H25N3O2/c1-15(2,3)19-14(17)18-9-16(4,5)11-6-7-12-13(8-11)21-10-20-12/h6-8H,9-10H2,1-5H3,(H3,17,18,19). The van der Waals surface area contributed by atoms with E-state index in [2.05, 4.69) is 51.0 Å². The third-order valence-corrected chi connectivity index (χ3v) is 3.30. The number of rotatable bonds is 3. The predicted octanol–water partition coefficient (Wildman–Crippen LogP) is 2.40. The number of benzene rings is 1. The minimum Gasteiger partial charge on any atom is -0.454 e. The Morgan fingerprint density at radius 3 is 2.52 bits per heavy atom. The largest absolute Gasteiger partial charge is 0.454 e. The Morgan fingerprint density at radius 2 is 1.86 bits per heavy atom. The van der Waals surface area contributed by atoms with Gasteiger partial charge in [-0.05, 0) is 38.5 Å². The van der Waals surface area contributed by atoms with E-state index in [0.717, 1.165) is 17.1 Å². The van der Waals surface area contributed by atoms with Crippen LogP contribution in [0.3, 0.4) is 0 Å². The van der Waals surface area contributed by atoms with E-state index in [1.165, 1.54) is 0 Å². The second-order valence-corrected chi connectivity index (χ2v) is 7.03.